The molecule has 9 heteroatoms. The van der Waals surface area contributed by atoms with Gasteiger partial charge in [0.2, 0.25) is 0 Å². The second-order valence-electron chi connectivity index (χ2n) is 10.7. The fourth-order valence-electron chi connectivity index (χ4n) is 5.97. The van der Waals surface area contributed by atoms with Crippen molar-refractivity contribution in [1.82, 2.24) is 34.3 Å². The first-order chi connectivity index (χ1) is 17.8. The van der Waals surface area contributed by atoms with Crippen molar-refractivity contribution in [2.45, 2.75) is 45.8 Å². The number of hydrogen-bond acceptors (Lipinski definition) is 6. The highest BCUT2D eigenvalue weighted by Gasteiger charge is 2.43. The minimum absolute atomic E-state index is 0.0968. The number of aryl methyl sites for hydroxylation is 1. The van der Waals surface area contributed by atoms with Crippen LogP contribution in [0.2, 0.25) is 0 Å². The molecule has 0 saturated carbocycles. The molecule has 1 aromatic carbocycles. The Labute approximate surface area is 215 Å². The zero-order chi connectivity index (χ0) is 25.8. The van der Waals surface area contributed by atoms with Crippen LogP contribution >= 0.6 is 0 Å². The van der Waals surface area contributed by atoms with Crippen LogP contribution in [-0.4, -0.2) is 67.0 Å². The van der Waals surface area contributed by atoms with Crippen LogP contribution in [0.1, 0.15) is 42.8 Å². The third kappa shape index (κ3) is 4.40. The van der Waals surface area contributed by atoms with Gasteiger partial charge in [-0.05, 0) is 51.6 Å². The van der Waals surface area contributed by atoms with Crippen LogP contribution in [0.25, 0.3) is 22.2 Å². The molecule has 4 aromatic rings. The number of aromatic nitrogens is 5. The molecule has 2 aliphatic rings. The lowest BCUT2D eigenvalue weighted by Gasteiger charge is -2.40. The zero-order valence-corrected chi connectivity index (χ0v) is 21.6. The number of likely N-dealkylation sites (N-methyl/N-ethyl adjacent to an activating group) is 1. The molecule has 6 rings (SSSR count). The van der Waals surface area contributed by atoms with Gasteiger partial charge in [-0.3, -0.25) is 9.88 Å². The molecule has 2 aliphatic heterocycles. The minimum atomic E-state index is -0.503. The molecule has 2 fully saturated rings. The molecule has 0 spiro atoms. The number of hydrogen-bond donors (Lipinski definition) is 0. The van der Waals surface area contributed by atoms with Crippen molar-refractivity contribution in [3.8, 4) is 11.1 Å². The molecule has 2 saturated heterocycles. The van der Waals surface area contributed by atoms with Gasteiger partial charge < -0.3 is 9.47 Å². The fraction of sp³-hybridized carbons (Fsp3) is 0.429. The second kappa shape index (κ2) is 9.22. The summed E-state index contributed by atoms with van der Waals surface area (Å²) >= 11 is 0. The van der Waals surface area contributed by atoms with E-state index in [1.54, 1.807) is 12.1 Å². The second-order valence-corrected chi connectivity index (χ2v) is 10.7. The summed E-state index contributed by atoms with van der Waals surface area (Å²) in [4.78, 5) is 22.6. The Bertz CT molecular complexity index is 1460. The maximum absolute atomic E-state index is 15.0. The summed E-state index contributed by atoms with van der Waals surface area (Å²) in [5, 5.41) is 0. The predicted octanol–water partition coefficient (Wildman–Crippen LogP) is 4.39. The molecule has 0 radical (unpaired) electrons. The lowest BCUT2D eigenvalue weighted by Crippen LogP contribution is -2.52. The van der Waals surface area contributed by atoms with Crippen molar-refractivity contribution < 1.29 is 8.78 Å². The van der Waals surface area contributed by atoms with E-state index in [-0.39, 0.29) is 6.04 Å². The monoisotopic (exact) mass is 503 g/mol. The van der Waals surface area contributed by atoms with Crippen LogP contribution in [0.5, 0.6) is 0 Å². The van der Waals surface area contributed by atoms with E-state index in [4.69, 9.17) is 0 Å². The van der Waals surface area contributed by atoms with Crippen molar-refractivity contribution in [3.63, 3.8) is 0 Å². The van der Waals surface area contributed by atoms with Gasteiger partial charge in [0.05, 0.1) is 18.1 Å². The van der Waals surface area contributed by atoms with Gasteiger partial charge in [-0.25, -0.2) is 23.7 Å². The van der Waals surface area contributed by atoms with Gasteiger partial charge in [-0.1, -0.05) is 0 Å². The van der Waals surface area contributed by atoms with Gasteiger partial charge in [-0.2, -0.15) is 0 Å². The predicted molar refractivity (Wildman–Crippen MR) is 138 cm³/mol. The highest BCUT2D eigenvalue weighted by atomic mass is 19.1. The Kier molecular flexibility index (Phi) is 6.00. The van der Waals surface area contributed by atoms with Gasteiger partial charge >= 0.3 is 0 Å². The summed E-state index contributed by atoms with van der Waals surface area (Å²) < 4.78 is 31.8. The van der Waals surface area contributed by atoms with E-state index in [2.05, 4.69) is 36.8 Å². The lowest BCUT2D eigenvalue weighted by molar-refractivity contribution is 0.0825. The van der Waals surface area contributed by atoms with E-state index in [0.717, 1.165) is 36.9 Å². The minimum Gasteiger partial charge on any atom is -0.326 e. The molecule has 192 valence electrons. The van der Waals surface area contributed by atoms with E-state index >= 15 is 0 Å². The first kappa shape index (κ1) is 24.1. The Morgan fingerprint density at radius 3 is 2.46 bits per heavy atom. The molecular weight excluding hydrogens is 472 g/mol. The number of fused-ring (bicyclic) bond motifs is 2. The summed E-state index contributed by atoms with van der Waals surface area (Å²) in [7, 11) is 2.19. The summed E-state index contributed by atoms with van der Waals surface area (Å²) in [5.74, 6) is 1.15. The normalized spacial score (nSPS) is 20.1. The van der Waals surface area contributed by atoms with Gasteiger partial charge in [-0.15, -0.1) is 0 Å². The Hall–Kier alpha value is -3.30. The Morgan fingerprint density at radius 2 is 1.76 bits per heavy atom. The van der Waals surface area contributed by atoms with E-state index in [0.29, 0.717) is 46.1 Å². The number of likely N-dealkylation sites (tertiary alicyclic amines) is 2. The topological polar surface area (TPSA) is 63.0 Å². The number of imidazole rings is 1. The van der Waals surface area contributed by atoms with Crippen LogP contribution < -0.4 is 0 Å². The van der Waals surface area contributed by atoms with Crippen molar-refractivity contribution in [1.29, 1.82) is 0 Å². The Morgan fingerprint density at radius 1 is 0.973 bits per heavy atom. The van der Waals surface area contributed by atoms with Crippen LogP contribution in [0.3, 0.4) is 0 Å². The summed E-state index contributed by atoms with van der Waals surface area (Å²) in [5.41, 5.74) is 3.40. The molecule has 37 heavy (non-hydrogen) atoms. The molecule has 3 aromatic heterocycles. The number of pyridine rings is 1. The average Bonchev–Trinajstić information content (AvgIpc) is 3.37. The van der Waals surface area contributed by atoms with Crippen molar-refractivity contribution >= 4 is 11.0 Å². The molecule has 0 amide bonds. The molecule has 2 atom stereocenters. The summed E-state index contributed by atoms with van der Waals surface area (Å²) in [6.07, 6.45) is 5.29. The average molecular weight is 504 g/mol. The molecule has 0 aliphatic carbocycles. The zero-order valence-electron chi connectivity index (χ0n) is 21.6. The van der Waals surface area contributed by atoms with E-state index in [1.165, 1.54) is 18.8 Å². The fourth-order valence-corrected chi connectivity index (χ4v) is 5.97. The van der Waals surface area contributed by atoms with Crippen molar-refractivity contribution in [2.24, 2.45) is 5.92 Å². The van der Waals surface area contributed by atoms with Crippen LogP contribution in [-0.2, 0) is 13.0 Å². The Balaban J connectivity index is 1.22. The molecule has 0 N–H and O–H groups in total. The highest BCUT2D eigenvalue weighted by molar-refractivity contribution is 5.83. The number of rotatable bonds is 6. The van der Waals surface area contributed by atoms with Crippen molar-refractivity contribution in [2.75, 3.05) is 26.7 Å². The first-order valence-electron chi connectivity index (χ1n) is 12.8. The summed E-state index contributed by atoms with van der Waals surface area (Å²) in [6.45, 7) is 10.1. The maximum Gasteiger partial charge on any atom is 0.151 e. The number of benzene rings is 1. The van der Waals surface area contributed by atoms with E-state index in [9.17, 15) is 8.78 Å². The number of halogens is 2. The summed E-state index contributed by atoms with van der Waals surface area (Å²) in [6, 6.07) is 5.58. The maximum atomic E-state index is 15.0. The highest BCUT2D eigenvalue weighted by Crippen LogP contribution is 2.32. The molecule has 5 heterocycles. The molecule has 7 nitrogen and oxygen atoms in total. The van der Waals surface area contributed by atoms with E-state index < -0.39 is 11.6 Å². The number of nitrogens with zero attached hydrogens (tertiary/aromatic N) is 7. The third-order valence-corrected chi connectivity index (χ3v) is 7.74. The van der Waals surface area contributed by atoms with Crippen LogP contribution in [0.4, 0.5) is 8.78 Å². The van der Waals surface area contributed by atoms with Gasteiger partial charge in [0.15, 0.2) is 5.82 Å². The largest absolute Gasteiger partial charge is 0.326 e. The molecule has 0 bridgehead atoms. The van der Waals surface area contributed by atoms with Gasteiger partial charge in [0.25, 0.3) is 0 Å². The standard InChI is InChI=1S/C28H31F2N7/c1-16(2)37-17(3)34-28-23(29)5-19(6-25(28)37)22-7-21(31-11-24(22)30)8-27-32-9-18(10-33-27)12-36-14-20-13-35(4)26(20)15-36/h5-7,9-11,16,20,26H,8,12-15H2,1-4H3. The molecule has 2 unspecified atom stereocenters. The SMILES string of the molecule is Cc1nc2c(F)cc(-c3cc(Cc4ncc(CN5CC6CN(C)C6C5)cn4)ncc3F)cc2n1C(C)C. The first-order valence-corrected chi connectivity index (χ1v) is 12.8. The molecular formula is C28H31F2N7. The van der Waals surface area contributed by atoms with Gasteiger partial charge in [0.1, 0.15) is 23.0 Å². The van der Waals surface area contributed by atoms with Gasteiger partial charge in [0, 0.05) is 73.4 Å². The van der Waals surface area contributed by atoms with E-state index in [1.807, 2.05) is 37.7 Å². The van der Waals surface area contributed by atoms with Crippen LogP contribution in [0.15, 0.2) is 36.8 Å². The quantitative estimate of drug-likeness (QED) is 0.389. The third-order valence-electron chi connectivity index (χ3n) is 7.74. The smallest absolute Gasteiger partial charge is 0.151 e. The van der Waals surface area contributed by atoms with Crippen LogP contribution in [0, 0.1) is 24.5 Å². The van der Waals surface area contributed by atoms with Crippen molar-refractivity contribution in [3.05, 3.63) is 71.3 Å². The lowest BCUT2D eigenvalue weighted by atomic mass is 9.93.